The van der Waals surface area contributed by atoms with Crippen LogP contribution in [0.25, 0.3) is 5.65 Å². The predicted molar refractivity (Wildman–Crippen MR) is 111 cm³/mol. The molecule has 29 heavy (non-hydrogen) atoms. The van der Waals surface area contributed by atoms with Crippen molar-refractivity contribution in [2.45, 2.75) is 6.54 Å². The van der Waals surface area contributed by atoms with Crippen LogP contribution < -0.4 is 9.47 Å². The van der Waals surface area contributed by atoms with Crippen molar-refractivity contribution in [3.05, 3.63) is 59.0 Å². The van der Waals surface area contributed by atoms with Gasteiger partial charge in [-0.3, -0.25) is 9.69 Å². The Balaban J connectivity index is 1.37. The van der Waals surface area contributed by atoms with Crippen LogP contribution in [0.15, 0.2) is 42.7 Å². The third-order valence-electron chi connectivity index (χ3n) is 5.14. The molecule has 1 saturated heterocycles. The molecular formula is C21H23ClN4O3. The van der Waals surface area contributed by atoms with Gasteiger partial charge in [0, 0.05) is 50.7 Å². The van der Waals surface area contributed by atoms with Gasteiger partial charge in [-0.25, -0.2) is 4.98 Å². The van der Waals surface area contributed by atoms with Crippen LogP contribution in [0.3, 0.4) is 0 Å². The topological polar surface area (TPSA) is 59.3 Å². The molecule has 1 amide bonds. The van der Waals surface area contributed by atoms with Crippen molar-refractivity contribution < 1.29 is 14.3 Å². The normalized spacial score (nSPS) is 14.9. The summed E-state index contributed by atoms with van der Waals surface area (Å²) in [6, 6.07) is 9.02. The Morgan fingerprint density at radius 1 is 1.03 bits per heavy atom. The van der Waals surface area contributed by atoms with E-state index < -0.39 is 0 Å². The molecule has 0 unspecified atom stereocenters. The van der Waals surface area contributed by atoms with E-state index in [1.165, 1.54) is 0 Å². The zero-order valence-electron chi connectivity index (χ0n) is 16.5. The summed E-state index contributed by atoms with van der Waals surface area (Å²) in [5, 5.41) is 0.684. The Labute approximate surface area is 174 Å². The number of hydrogen-bond acceptors (Lipinski definition) is 5. The van der Waals surface area contributed by atoms with E-state index in [1.54, 1.807) is 32.4 Å². The number of pyridine rings is 1. The van der Waals surface area contributed by atoms with Gasteiger partial charge in [0.15, 0.2) is 11.5 Å². The van der Waals surface area contributed by atoms with Crippen LogP contribution in [0.1, 0.15) is 16.1 Å². The summed E-state index contributed by atoms with van der Waals surface area (Å²) in [7, 11) is 3.15. The number of fused-ring (bicyclic) bond motifs is 1. The van der Waals surface area contributed by atoms with Gasteiger partial charge in [0.05, 0.1) is 24.9 Å². The number of carbonyl (C=O) groups excluding carboxylic acids is 1. The highest BCUT2D eigenvalue weighted by Crippen LogP contribution is 2.28. The number of halogens is 1. The molecule has 1 aromatic carbocycles. The molecule has 0 spiro atoms. The first kappa shape index (κ1) is 19.5. The van der Waals surface area contributed by atoms with Crippen LogP contribution in [0.5, 0.6) is 11.5 Å². The van der Waals surface area contributed by atoms with Gasteiger partial charge in [-0.2, -0.15) is 0 Å². The van der Waals surface area contributed by atoms with E-state index in [9.17, 15) is 4.79 Å². The number of amides is 1. The highest BCUT2D eigenvalue weighted by molar-refractivity contribution is 6.30. The van der Waals surface area contributed by atoms with Crippen molar-refractivity contribution in [3.8, 4) is 11.5 Å². The standard InChI is InChI=1S/C21H23ClN4O3/c1-28-18-5-3-15(11-19(18)29-2)21(27)25-9-7-24(8-10-25)13-17-14-26-12-16(22)4-6-20(26)23-17/h3-6,11-12,14H,7-10,13H2,1-2H3. The highest BCUT2D eigenvalue weighted by Gasteiger charge is 2.23. The molecule has 0 bridgehead atoms. The maximum atomic E-state index is 12.9. The van der Waals surface area contributed by atoms with Crippen LogP contribution in [-0.4, -0.2) is 65.5 Å². The van der Waals surface area contributed by atoms with E-state index in [0.29, 0.717) is 35.2 Å². The number of rotatable bonds is 5. The second-order valence-corrected chi connectivity index (χ2v) is 7.42. The van der Waals surface area contributed by atoms with Gasteiger partial charge in [-0.15, -0.1) is 0 Å². The van der Waals surface area contributed by atoms with E-state index in [1.807, 2.05) is 33.8 Å². The molecule has 152 valence electrons. The summed E-state index contributed by atoms with van der Waals surface area (Å²) in [6.07, 6.45) is 3.86. The van der Waals surface area contributed by atoms with E-state index in [2.05, 4.69) is 9.88 Å². The first-order valence-electron chi connectivity index (χ1n) is 9.44. The monoisotopic (exact) mass is 414 g/mol. The molecule has 2 aromatic heterocycles. The fourth-order valence-electron chi connectivity index (χ4n) is 3.58. The molecule has 0 atom stereocenters. The van der Waals surface area contributed by atoms with E-state index >= 15 is 0 Å². The quantitative estimate of drug-likeness (QED) is 0.642. The molecule has 0 saturated carbocycles. The second kappa shape index (κ2) is 8.31. The molecule has 4 rings (SSSR count). The summed E-state index contributed by atoms with van der Waals surface area (Å²) in [5.41, 5.74) is 2.48. The number of aromatic nitrogens is 2. The molecule has 1 aliphatic heterocycles. The summed E-state index contributed by atoms with van der Waals surface area (Å²) < 4.78 is 12.5. The number of nitrogens with zero attached hydrogens (tertiary/aromatic N) is 4. The number of benzene rings is 1. The summed E-state index contributed by atoms with van der Waals surface area (Å²) in [5.74, 6) is 1.18. The first-order valence-corrected chi connectivity index (χ1v) is 9.82. The molecule has 1 aliphatic rings. The van der Waals surface area contributed by atoms with Gasteiger partial charge < -0.3 is 18.8 Å². The molecule has 8 heteroatoms. The van der Waals surface area contributed by atoms with Gasteiger partial charge in [-0.05, 0) is 30.3 Å². The Bertz CT molecular complexity index is 1030. The van der Waals surface area contributed by atoms with Crippen LogP contribution in [0, 0.1) is 0 Å². The number of methoxy groups -OCH3 is 2. The maximum absolute atomic E-state index is 12.9. The Kier molecular flexibility index (Phi) is 5.60. The number of hydrogen-bond donors (Lipinski definition) is 0. The van der Waals surface area contributed by atoms with Crippen LogP contribution in [0.4, 0.5) is 0 Å². The minimum absolute atomic E-state index is 0.00738. The second-order valence-electron chi connectivity index (χ2n) is 6.98. The van der Waals surface area contributed by atoms with Gasteiger partial charge in [0.2, 0.25) is 0 Å². The lowest BCUT2D eigenvalue weighted by molar-refractivity contribution is 0.0627. The predicted octanol–water partition coefficient (Wildman–Crippen LogP) is 2.96. The van der Waals surface area contributed by atoms with Gasteiger partial charge >= 0.3 is 0 Å². The molecule has 7 nitrogen and oxygen atoms in total. The molecule has 0 aliphatic carbocycles. The average molecular weight is 415 g/mol. The van der Waals surface area contributed by atoms with Crippen molar-refractivity contribution in [2.24, 2.45) is 0 Å². The van der Waals surface area contributed by atoms with Crippen LogP contribution >= 0.6 is 11.6 Å². The SMILES string of the molecule is COc1ccc(C(=O)N2CCN(Cc3cn4cc(Cl)ccc4n3)CC2)cc1OC. The Hall–Kier alpha value is -2.77. The average Bonchev–Trinajstić information content (AvgIpc) is 3.14. The van der Waals surface area contributed by atoms with Crippen molar-refractivity contribution in [1.82, 2.24) is 19.2 Å². The molecular weight excluding hydrogens is 392 g/mol. The maximum Gasteiger partial charge on any atom is 0.254 e. The fourth-order valence-corrected chi connectivity index (χ4v) is 3.75. The van der Waals surface area contributed by atoms with E-state index in [4.69, 9.17) is 21.1 Å². The van der Waals surface area contributed by atoms with Gasteiger partial charge in [0.1, 0.15) is 5.65 Å². The van der Waals surface area contributed by atoms with Crippen molar-refractivity contribution in [1.29, 1.82) is 0 Å². The van der Waals surface area contributed by atoms with Gasteiger partial charge in [0.25, 0.3) is 5.91 Å². The smallest absolute Gasteiger partial charge is 0.254 e. The Morgan fingerprint density at radius 3 is 2.52 bits per heavy atom. The summed E-state index contributed by atoms with van der Waals surface area (Å²) in [4.78, 5) is 21.7. The lowest BCUT2D eigenvalue weighted by atomic mass is 10.1. The zero-order chi connectivity index (χ0) is 20.4. The minimum atomic E-state index is 0.00738. The van der Waals surface area contributed by atoms with Crippen LogP contribution in [-0.2, 0) is 6.54 Å². The van der Waals surface area contributed by atoms with E-state index in [-0.39, 0.29) is 5.91 Å². The first-order chi connectivity index (χ1) is 14.1. The zero-order valence-corrected chi connectivity index (χ0v) is 17.2. The third-order valence-corrected chi connectivity index (χ3v) is 5.36. The lowest BCUT2D eigenvalue weighted by Crippen LogP contribution is -2.48. The van der Waals surface area contributed by atoms with Gasteiger partial charge in [-0.1, -0.05) is 11.6 Å². The minimum Gasteiger partial charge on any atom is -0.493 e. The molecule has 0 radical (unpaired) electrons. The van der Waals surface area contributed by atoms with Crippen molar-refractivity contribution >= 4 is 23.2 Å². The highest BCUT2D eigenvalue weighted by atomic mass is 35.5. The molecule has 3 aromatic rings. The summed E-state index contributed by atoms with van der Waals surface area (Å²) >= 11 is 6.04. The molecule has 3 heterocycles. The van der Waals surface area contributed by atoms with Crippen molar-refractivity contribution in [3.63, 3.8) is 0 Å². The molecule has 1 fully saturated rings. The fraction of sp³-hybridized carbons (Fsp3) is 0.333. The number of piperazine rings is 1. The van der Waals surface area contributed by atoms with Crippen molar-refractivity contribution in [2.75, 3.05) is 40.4 Å². The lowest BCUT2D eigenvalue weighted by Gasteiger charge is -2.34. The largest absolute Gasteiger partial charge is 0.493 e. The number of ether oxygens (including phenoxy) is 2. The number of imidazole rings is 1. The number of carbonyl (C=O) groups is 1. The summed E-state index contributed by atoms with van der Waals surface area (Å²) in [6.45, 7) is 3.69. The van der Waals surface area contributed by atoms with Crippen LogP contribution in [0.2, 0.25) is 5.02 Å². The molecule has 0 N–H and O–H groups in total. The van der Waals surface area contributed by atoms with E-state index in [0.717, 1.165) is 31.0 Å². The Morgan fingerprint density at radius 2 is 1.79 bits per heavy atom. The third kappa shape index (κ3) is 4.16.